The van der Waals surface area contributed by atoms with E-state index in [0.29, 0.717) is 11.3 Å². The van der Waals surface area contributed by atoms with Crippen LogP contribution in [0.4, 0.5) is 0 Å². The van der Waals surface area contributed by atoms with Gasteiger partial charge in [0.15, 0.2) is 0 Å². The van der Waals surface area contributed by atoms with E-state index in [4.69, 9.17) is 6.42 Å². The Hall–Kier alpha value is -2.04. The van der Waals surface area contributed by atoms with E-state index in [0.717, 1.165) is 52.9 Å². The van der Waals surface area contributed by atoms with E-state index < -0.39 is 0 Å². The summed E-state index contributed by atoms with van der Waals surface area (Å²) >= 11 is 0. The Kier molecular flexibility index (Phi) is 16.7. The number of terminal acetylenes is 1. The molecule has 2 saturated carbocycles. The first-order valence-corrected chi connectivity index (χ1v) is 22.5. The monoisotopic (exact) mass is 723 g/mol. The fourth-order valence-corrected chi connectivity index (χ4v) is 11.2. The first-order valence-electron chi connectivity index (χ1n) is 22.5. The highest BCUT2D eigenvalue weighted by atomic mass is 16.3. The molecule has 2 aromatic carbocycles. The highest BCUT2D eigenvalue weighted by Crippen LogP contribution is 2.57. The number of aliphatic hydroxyl groups is 1. The molecule has 0 heterocycles. The molecule has 4 rings (SSSR count). The van der Waals surface area contributed by atoms with Crippen molar-refractivity contribution in [2.45, 2.75) is 184 Å². The van der Waals surface area contributed by atoms with Crippen molar-refractivity contribution in [2.24, 2.45) is 58.2 Å². The summed E-state index contributed by atoms with van der Waals surface area (Å²) in [7, 11) is 0. The Labute approximate surface area is 329 Å². The standard InChI is InChI=1S/C52H82O/c1-12-20-43(46-22-19-23-47(34-46)44-28-25-41(13-2)26-29-44)30-27-42-32-49(37(3)4)50(33-42)39(6)45(31-38(5)35-51(8,9)10)21-17-15-14-16-18-24-48-36-52(48,11)40(7)53/h2,19,22-23,25-26,28-29,34,37-40,42-43,45,48-50,53H,12,14-18,20-21,24,27,30-33,35-36H2,1,3-11H3/t38-,39+,40?,42-,43+,45-,48?,49?,50?,52-/m0/s1. The van der Waals surface area contributed by atoms with E-state index >= 15 is 0 Å². The van der Waals surface area contributed by atoms with Crippen LogP contribution in [0.1, 0.15) is 189 Å². The minimum Gasteiger partial charge on any atom is -0.393 e. The number of unbranched alkanes of at least 4 members (excludes halogenated alkanes) is 4. The van der Waals surface area contributed by atoms with Crippen LogP contribution in [-0.4, -0.2) is 11.2 Å². The van der Waals surface area contributed by atoms with Gasteiger partial charge in [0.1, 0.15) is 0 Å². The number of benzene rings is 2. The summed E-state index contributed by atoms with van der Waals surface area (Å²) in [6, 6.07) is 17.9. The summed E-state index contributed by atoms with van der Waals surface area (Å²) in [5.41, 5.74) is 5.65. The molecule has 53 heavy (non-hydrogen) atoms. The second-order valence-electron chi connectivity index (χ2n) is 20.5. The Bertz CT molecular complexity index is 1390. The third-order valence-electron chi connectivity index (χ3n) is 14.5. The van der Waals surface area contributed by atoms with Crippen LogP contribution in [0.2, 0.25) is 0 Å². The zero-order valence-corrected chi connectivity index (χ0v) is 36.2. The zero-order chi connectivity index (χ0) is 38.8. The summed E-state index contributed by atoms with van der Waals surface area (Å²) in [5, 5.41) is 10.1. The number of rotatable bonds is 22. The summed E-state index contributed by atoms with van der Waals surface area (Å²) in [6.45, 7) is 24.2. The molecule has 2 aliphatic rings. The van der Waals surface area contributed by atoms with Crippen molar-refractivity contribution in [3.8, 4) is 23.5 Å². The van der Waals surface area contributed by atoms with E-state index in [-0.39, 0.29) is 11.5 Å². The summed E-state index contributed by atoms with van der Waals surface area (Å²) in [5.74, 6) is 9.97. The molecule has 0 aromatic heterocycles. The minimum absolute atomic E-state index is 0.150. The van der Waals surface area contributed by atoms with E-state index in [1.54, 1.807) is 0 Å². The molecule has 0 aliphatic heterocycles. The fourth-order valence-electron chi connectivity index (χ4n) is 11.2. The molecule has 4 unspecified atom stereocenters. The van der Waals surface area contributed by atoms with E-state index in [1.165, 1.54) is 119 Å². The first kappa shape index (κ1) is 43.7. The predicted molar refractivity (Wildman–Crippen MR) is 232 cm³/mol. The molecule has 2 aromatic rings. The van der Waals surface area contributed by atoms with Gasteiger partial charge in [-0.25, -0.2) is 0 Å². The molecule has 2 fully saturated rings. The maximum atomic E-state index is 10.1. The van der Waals surface area contributed by atoms with Crippen molar-refractivity contribution in [2.75, 3.05) is 0 Å². The van der Waals surface area contributed by atoms with E-state index in [1.807, 2.05) is 6.92 Å². The highest BCUT2D eigenvalue weighted by molar-refractivity contribution is 5.65. The Morgan fingerprint density at radius 3 is 2.13 bits per heavy atom. The average molecular weight is 723 g/mol. The summed E-state index contributed by atoms with van der Waals surface area (Å²) in [4.78, 5) is 0. The highest BCUT2D eigenvalue weighted by Gasteiger charge is 2.52. The maximum Gasteiger partial charge on any atom is 0.0568 e. The lowest BCUT2D eigenvalue weighted by molar-refractivity contribution is 0.110. The van der Waals surface area contributed by atoms with Crippen molar-refractivity contribution in [3.63, 3.8) is 0 Å². The third kappa shape index (κ3) is 13.0. The molecule has 1 heteroatoms. The number of hydrogen-bond donors (Lipinski definition) is 1. The lowest BCUT2D eigenvalue weighted by atomic mass is 9.69. The van der Waals surface area contributed by atoms with Crippen LogP contribution in [-0.2, 0) is 0 Å². The van der Waals surface area contributed by atoms with Crippen LogP contribution in [0.3, 0.4) is 0 Å². The SMILES string of the molecule is C#Cc1ccc(-c2cccc([C@H](CCC)CC[C@H]3CC(C(C)C)C([C@H](C)[C@@H](CCCCCCCC4C[C@@]4(C)C(C)O)C[C@H](C)CC(C)(C)C)C3)c2)cc1. The van der Waals surface area contributed by atoms with Gasteiger partial charge in [-0.15, -0.1) is 6.42 Å². The second-order valence-corrected chi connectivity index (χ2v) is 20.5. The molecule has 0 bridgehead atoms. The van der Waals surface area contributed by atoms with Gasteiger partial charge in [0.2, 0.25) is 0 Å². The predicted octanol–water partition coefficient (Wildman–Crippen LogP) is 15.1. The van der Waals surface area contributed by atoms with Gasteiger partial charge in [-0.05, 0) is 158 Å². The van der Waals surface area contributed by atoms with Crippen LogP contribution >= 0.6 is 0 Å². The topological polar surface area (TPSA) is 20.2 Å². The van der Waals surface area contributed by atoms with Gasteiger partial charge in [0.25, 0.3) is 0 Å². The van der Waals surface area contributed by atoms with E-state index in [2.05, 4.69) is 117 Å². The van der Waals surface area contributed by atoms with Crippen molar-refractivity contribution >= 4 is 0 Å². The Morgan fingerprint density at radius 2 is 1.51 bits per heavy atom. The van der Waals surface area contributed by atoms with Gasteiger partial charge in [0, 0.05) is 5.56 Å². The Morgan fingerprint density at radius 1 is 0.830 bits per heavy atom. The summed E-state index contributed by atoms with van der Waals surface area (Å²) < 4.78 is 0. The minimum atomic E-state index is -0.150. The lowest BCUT2D eigenvalue weighted by Gasteiger charge is -2.36. The normalized spacial score (nSPS) is 25.9. The number of hydrogen-bond acceptors (Lipinski definition) is 1. The van der Waals surface area contributed by atoms with E-state index in [9.17, 15) is 5.11 Å². The van der Waals surface area contributed by atoms with Gasteiger partial charge in [-0.3, -0.25) is 0 Å². The molecule has 0 saturated heterocycles. The lowest BCUT2D eigenvalue weighted by Crippen LogP contribution is -2.28. The molecule has 0 spiro atoms. The fraction of sp³-hybridized carbons (Fsp3) is 0.731. The zero-order valence-electron chi connectivity index (χ0n) is 36.2. The van der Waals surface area contributed by atoms with Crippen molar-refractivity contribution in [3.05, 3.63) is 59.7 Å². The average Bonchev–Trinajstić information content (AvgIpc) is 3.59. The van der Waals surface area contributed by atoms with Gasteiger partial charge in [0.05, 0.1) is 6.10 Å². The third-order valence-corrected chi connectivity index (χ3v) is 14.5. The van der Waals surface area contributed by atoms with Crippen molar-refractivity contribution in [1.29, 1.82) is 0 Å². The van der Waals surface area contributed by atoms with Gasteiger partial charge >= 0.3 is 0 Å². The molecule has 1 nitrogen and oxygen atoms in total. The molecular weight excluding hydrogens is 641 g/mol. The second kappa shape index (κ2) is 20.2. The molecule has 296 valence electrons. The van der Waals surface area contributed by atoms with Crippen LogP contribution in [0, 0.1) is 70.5 Å². The van der Waals surface area contributed by atoms with Crippen LogP contribution in [0.15, 0.2) is 48.5 Å². The smallest absolute Gasteiger partial charge is 0.0568 e. The first-order chi connectivity index (χ1) is 25.1. The molecular formula is C52H82O. The van der Waals surface area contributed by atoms with Crippen LogP contribution in [0.25, 0.3) is 11.1 Å². The maximum absolute atomic E-state index is 10.1. The molecule has 2 aliphatic carbocycles. The summed E-state index contributed by atoms with van der Waals surface area (Å²) in [6.07, 6.45) is 27.2. The number of aliphatic hydroxyl groups excluding tert-OH is 1. The quantitative estimate of drug-likeness (QED) is 0.0947. The van der Waals surface area contributed by atoms with Gasteiger partial charge < -0.3 is 5.11 Å². The molecule has 10 atom stereocenters. The van der Waals surface area contributed by atoms with Crippen LogP contribution in [0.5, 0.6) is 0 Å². The molecule has 0 amide bonds. The van der Waals surface area contributed by atoms with Crippen LogP contribution < -0.4 is 0 Å². The Balaban J connectivity index is 1.36. The molecule has 0 radical (unpaired) electrons. The van der Waals surface area contributed by atoms with Crippen molar-refractivity contribution < 1.29 is 5.11 Å². The largest absolute Gasteiger partial charge is 0.393 e. The molecule has 1 N–H and O–H groups in total. The van der Waals surface area contributed by atoms with Gasteiger partial charge in [-0.2, -0.15) is 0 Å². The van der Waals surface area contributed by atoms with Gasteiger partial charge in [-0.1, -0.05) is 150 Å². The van der Waals surface area contributed by atoms with Crippen molar-refractivity contribution in [1.82, 2.24) is 0 Å².